The molecule has 2 aromatic heterocycles. The summed E-state index contributed by atoms with van der Waals surface area (Å²) in [6, 6.07) is 31.9. The second kappa shape index (κ2) is 8.69. The summed E-state index contributed by atoms with van der Waals surface area (Å²) >= 11 is 0. The quantitative estimate of drug-likeness (QED) is 0.206. The van der Waals surface area contributed by atoms with E-state index in [9.17, 15) is 0 Å². The second-order valence-electron chi connectivity index (χ2n) is 15.5. The first kappa shape index (κ1) is 26.0. The van der Waals surface area contributed by atoms with Crippen LogP contribution in [0.25, 0.3) is 56.1 Å². The number of para-hydroxylation sites is 1. The summed E-state index contributed by atoms with van der Waals surface area (Å²) in [4.78, 5) is 15.1. The molecule has 1 spiro atoms. The van der Waals surface area contributed by atoms with Crippen molar-refractivity contribution < 1.29 is 4.42 Å². The average Bonchev–Trinajstić information content (AvgIpc) is 3.69. The van der Waals surface area contributed by atoms with Crippen molar-refractivity contribution in [2.75, 3.05) is 0 Å². The molecule has 4 saturated carbocycles. The minimum atomic E-state index is -0.136. The molecule has 2 atom stereocenters. The fourth-order valence-electron chi connectivity index (χ4n) is 10.3. The molecule has 2 bridgehead atoms. The third-order valence-corrected chi connectivity index (χ3v) is 12.3. The Hall–Kier alpha value is -4.31. The standard InChI is InChI=1S/C41H37N3O/c1-39(2,3)33-18-26(38-43-36(24-11-6-4-7-12-24)42-37(44-38)25-13-8-5-9-14-25)17-31-30-15-10-16-32(34(30)45-35(31)33)40-21-28-19-27-20-29(22-40)41(27,28)23-40/h4-18,27-29H,19-23H2,1-3H3. The summed E-state index contributed by atoms with van der Waals surface area (Å²) in [7, 11) is 0. The lowest BCUT2D eigenvalue weighted by Gasteiger charge is -2.66. The van der Waals surface area contributed by atoms with Crippen molar-refractivity contribution in [2.45, 2.75) is 63.7 Å². The van der Waals surface area contributed by atoms with Crippen LogP contribution in [0, 0.1) is 23.2 Å². The van der Waals surface area contributed by atoms with Gasteiger partial charge in [0, 0.05) is 44.0 Å². The molecule has 2 unspecified atom stereocenters. The van der Waals surface area contributed by atoms with Crippen LogP contribution in [-0.2, 0) is 10.8 Å². The molecule has 222 valence electrons. The van der Waals surface area contributed by atoms with Crippen LogP contribution in [0.15, 0.2) is 95.4 Å². The average molecular weight is 588 g/mol. The van der Waals surface area contributed by atoms with Crippen molar-refractivity contribution in [3.05, 3.63) is 102 Å². The molecule has 4 aromatic carbocycles. The van der Waals surface area contributed by atoms with Crippen molar-refractivity contribution in [2.24, 2.45) is 23.2 Å². The van der Waals surface area contributed by atoms with Crippen LogP contribution >= 0.6 is 0 Å². The van der Waals surface area contributed by atoms with Gasteiger partial charge in [-0.1, -0.05) is 99.6 Å². The number of aromatic nitrogens is 3. The zero-order valence-electron chi connectivity index (χ0n) is 26.2. The van der Waals surface area contributed by atoms with Crippen LogP contribution in [0.1, 0.15) is 64.0 Å². The summed E-state index contributed by atoms with van der Waals surface area (Å²) in [5.74, 6) is 4.92. The lowest BCUT2D eigenvalue weighted by Crippen LogP contribution is -2.59. The van der Waals surface area contributed by atoms with E-state index in [4.69, 9.17) is 19.4 Å². The Bertz CT molecular complexity index is 2080. The Kier molecular flexibility index (Phi) is 5.01. The van der Waals surface area contributed by atoms with Crippen molar-refractivity contribution in [1.29, 1.82) is 0 Å². The molecule has 4 nitrogen and oxygen atoms in total. The molecule has 4 fully saturated rings. The first-order chi connectivity index (χ1) is 21.8. The summed E-state index contributed by atoms with van der Waals surface area (Å²) in [6.07, 6.45) is 7.01. The minimum Gasteiger partial charge on any atom is -0.455 e. The van der Waals surface area contributed by atoms with E-state index < -0.39 is 0 Å². The Labute approximate surface area is 264 Å². The highest BCUT2D eigenvalue weighted by Crippen LogP contribution is 2.84. The fourth-order valence-corrected chi connectivity index (χ4v) is 10.3. The molecule has 0 N–H and O–H groups in total. The predicted molar refractivity (Wildman–Crippen MR) is 180 cm³/mol. The molecule has 2 heterocycles. The molecule has 4 aliphatic carbocycles. The van der Waals surface area contributed by atoms with E-state index in [2.05, 4.69) is 75.4 Å². The number of benzene rings is 4. The highest BCUT2D eigenvalue weighted by Gasteiger charge is 2.77. The van der Waals surface area contributed by atoms with Crippen LogP contribution in [-0.4, -0.2) is 15.0 Å². The molecule has 4 heteroatoms. The van der Waals surface area contributed by atoms with Crippen LogP contribution in [0.4, 0.5) is 0 Å². The number of hydrogen-bond acceptors (Lipinski definition) is 4. The molecule has 0 amide bonds. The number of furan rings is 1. The largest absolute Gasteiger partial charge is 0.455 e. The van der Waals surface area contributed by atoms with Gasteiger partial charge in [0.05, 0.1) is 0 Å². The molecule has 45 heavy (non-hydrogen) atoms. The highest BCUT2D eigenvalue weighted by atomic mass is 16.3. The lowest BCUT2D eigenvalue weighted by molar-refractivity contribution is -0.175. The highest BCUT2D eigenvalue weighted by molar-refractivity contribution is 6.08. The maximum absolute atomic E-state index is 7.06. The molecule has 0 saturated heterocycles. The minimum absolute atomic E-state index is 0.136. The van der Waals surface area contributed by atoms with Crippen LogP contribution in [0.3, 0.4) is 0 Å². The SMILES string of the molecule is CC(C)(C)c1cc(-c2nc(-c3ccccc3)nc(-c3ccccc3)n2)cc2c1oc1c(C34CC5CC6CC(C3)C65C4)cccc12. The van der Waals surface area contributed by atoms with E-state index in [0.29, 0.717) is 22.9 Å². The molecular formula is C41H37N3O. The normalized spacial score (nSPS) is 27.8. The number of nitrogens with zero attached hydrogens (tertiary/aromatic N) is 3. The molecule has 0 radical (unpaired) electrons. The zero-order valence-corrected chi connectivity index (χ0v) is 26.2. The lowest BCUT2D eigenvalue weighted by atomic mass is 9.38. The maximum atomic E-state index is 7.06. The predicted octanol–water partition coefficient (Wildman–Crippen LogP) is 10.1. The summed E-state index contributed by atoms with van der Waals surface area (Å²) in [5, 5.41) is 2.38. The van der Waals surface area contributed by atoms with Gasteiger partial charge in [-0.3, -0.25) is 0 Å². The van der Waals surface area contributed by atoms with Gasteiger partial charge in [0.2, 0.25) is 0 Å². The molecule has 6 aromatic rings. The van der Waals surface area contributed by atoms with E-state index in [0.717, 1.165) is 51.0 Å². The van der Waals surface area contributed by atoms with Gasteiger partial charge in [-0.15, -0.1) is 0 Å². The number of rotatable bonds is 4. The summed E-state index contributed by atoms with van der Waals surface area (Å²) < 4.78 is 7.06. The Morgan fingerprint density at radius 2 is 1.22 bits per heavy atom. The molecule has 0 aliphatic heterocycles. The van der Waals surface area contributed by atoms with Crippen LogP contribution < -0.4 is 0 Å². The molecule has 4 aliphatic rings. The van der Waals surface area contributed by atoms with E-state index >= 15 is 0 Å². The van der Waals surface area contributed by atoms with E-state index in [1.165, 1.54) is 48.6 Å². The van der Waals surface area contributed by atoms with Crippen molar-refractivity contribution in [3.8, 4) is 34.2 Å². The zero-order chi connectivity index (χ0) is 30.1. The maximum Gasteiger partial charge on any atom is 0.164 e. The first-order valence-electron chi connectivity index (χ1n) is 16.7. The first-order valence-corrected chi connectivity index (χ1v) is 16.7. The van der Waals surface area contributed by atoms with E-state index in [1.54, 1.807) is 0 Å². The van der Waals surface area contributed by atoms with Gasteiger partial charge in [-0.2, -0.15) is 0 Å². The van der Waals surface area contributed by atoms with E-state index in [-0.39, 0.29) is 10.8 Å². The fraction of sp³-hybridized carbons (Fsp3) is 0.341. The van der Waals surface area contributed by atoms with Crippen molar-refractivity contribution >= 4 is 21.9 Å². The van der Waals surface area contributed by atoms with Crippen molar-refractivity contribution in [3.63, 3.8) is 0 Å². The topological polar surface area (TPSA) is 51.8 Å². The summed E-state index contributed by atoms with van der Waals surface area (Å²) in [5.41, 5.74) is 8.53. The Morgan fingerprint density at radius 1 is 0.622 bits per heavy atom. The van der Waals surface area contributed by atoms with Gasteiger partial charge in [-0.25, -0.2) is 15.0 Å². The van der Waals surface area contributed by atoms with Crippen LogP contribution in [0.5, 0.6) is 0 Å². The number of fused-ring (bicyclic) bond motifs is 4. The second-order valence-corrected chi connectivity index (χ2v) is 15.5. The molecular weight excluding hydrogens is 550 g/mol. The van der Waals surface area contributed by atoms with Crippen LogP contribution in [0.2, 0.25) is 0 Å². The third kappa shape index (κ3) is 3.46. The van der Waals surface area contributed by atoms with Crippen molar-refractivity contribution in [1.82, 2.24) is 15.0 Å². The Morgan fingerprint density at radius 3 is 1.78 bits per heavy atom. The molecule has 10 rings (SSSR count). The monoisotopic (exact) mass is 587 g/mol. The van der Waals surface area contributed by atoms with E-state index in [1.807, 2.05) is 36.4 Å². The summed E-state index contributed by atoms with van der Waals surface area (Å²) in [6.45, 7) is 6.83. The smallest absolute Gasteiger partial charge is 0.164 e. The van der Waals surface area contributed by atoms with Gasteiger partial charge in [0.15, 0.2) is 17.5 Å². The van der Waals surface area contributed by atoms with Gasteiger partial charge < -0.3 is 4.42 Å². The Balaban J connectivity index is 1.19. The van der Waals surface area contributed by atoms with Gasteiger partial charge in [-0.05, 0) is 72.8 Å². The number of hydrogen-bond donors (Lipinski definition) is 0. The third-order valence-electron chi connectivity index (χ3n) is 12.3. The van der Waals surface area contributed by atoms with Gasteiger partial charge >= 0.3 is 0 Å². The van der Waals surface area contributed by atoms with Gasteiger partial charge in [0.1, 0.15) is 11.2 Å². The van der Waals surface area contributed by atoms with Gasteiger partial charge in [0.25, 0.3) is 0 Å².